The summed E-state index contributed by atoms with van der Waals surface area (Å²) in [6.45, 7) is 4.47. The Morgan fingerprint density at radius 3 is 2.31 bits per heavy atom. The van der Waals surface area contributed by atoms with E-state index in [9.17, 15) is 26.4 Å². The summed E-state index contributed by atoms with van der Waals surface area (Å²) in [6, 6.07) is 6.55. The van der Waals surface area contributed by atoms with Crippen LogP contribution in [0.3, 0.4) is 0 Å². The molecule has 0 aliphatic rings. The summed E-state index contributed by atoms with van der Waals surface area (Å²) in [4.78, 5) is 13.5. The standard InChI is InChI=1S/C17H17F3N2O3S/c1-3-22(4-2)17(23)11-6-5-7-12(10-11)26(24,25)21-14-9-8-13(18)15(19)16(14)20/h5-10,21H,3-4H2,1-2H3. The summed E-state index contributed by atoms with van der Waals surface area (Å²) in [7, 11) is -4.31. The van der Waals surface area contributed by atoms with Crippen LogP contribution in [-0.4, -0.2) is 32.3 Å². The molecule has 0 spiro atoms. The molecular formula is C17H17F3N2O3S. The molecule has 1 N–H and O–H groups in total. The fraction of sp³-hybridized carbons (Fsp3) is 0.235. The monoisotopic (exact) mass is 386 g/mol. The van der Waals surface area contributed by atoms with Crippen molar-refractivity contribution in [2.45, 2.75) is 18.7 Å². The second-order valence-electron chi connectivity index (χ2n) is 5.33. The summed E-state index contributed by atoms with van der Waals surface area (Å²) in [5.41, 5.74) is -0.591. The van der Waals surface area contributed by atoms with E-state index in [2.05, 4.69) is 0 Å². The van der Waals surface area contributed by atoms with Gasteiger partial charge >= 0.3 is 0 Å². The molecule has 0 radical (unpaired) electrons. The number of anilines is 1. The van der Waals surface area contributed by atoms with Crippen molar-refractivity contribution in [3.8, 4) is 0 Å². The number of nitrogens with one attached hydrogen (secondary N) is 1. The summed E-state index contributed by atoms with van der Waals surface area (Å²) in [5.74, 6) is -5.22. The fourth-order valence-corrected chi connectivity index (χ4v) is 3.40. The van der Waals surface area contributed by atoms with Gasteiger partial charge in [-0.15, -0.1) is 0 Å². The van der Waals surface area contributed by atoms with Crippen molar-refractivity contribution in [3.63, 3.8) is 0 Å². The molecule has 0 unspecified atom stereocenters. The highest BCUT2D eigenvalue weighted by Crippen LogP contribution is 2.23. The predicted octanol–water partition coefficient (Wildman–Crippen LogP) is 3.39. The smallest absolute Gasteiger partial charge is 0.262 e. The number of rotatable bonds is 6. The molecule has 0 aromatic heterocycles. The minimum Gasteiger partial charge on any atom is -0.339 e. The van der Waals surface area contributed by atoms with Crippen LogP contribution in [0.5, 0.6) is 0 Å². The maximum Gasteiger partial charge on any atom is 0.262 e. The lowest BCUT2D eigenvalue weighted by atomic mass is 10.2. The quantitative estimate of drug-likeness (QED) is 0.774. The van der Waals surface area contributed by atoms with Crippen LogP contribution < -0.4 is 4.72 Å². The number of benzene rings is 2. The number of carbonyl (C=O) groups is 1. The van der Waals surface area contributed by atoms with Crippen LogP contribution in [0, 0.1) is 17.5 Å². The van der Waals surface area contributed by atoms with Crippen LogP contribution in [0.2, 0.25) is 0 Å². The summed E-state index contributed by atoms with van der Waals surface area (Å²) in [6.07, 6.45) is 0. The summed E-state index contributed by atoms with van der Waals surface area (Å²) < 4.78 is 66.6. The first-order chi connectivity index (χ1) is 12.2. The van der Waals surface area contributed by atoms with Crippen LogP contribution in [0.4, 0.5) is 18.9 Å². The molecule has 0 fully saturated rings. The number of halogens is 3. The molecule has 1 amide bonds. The number of amides is 1. The Morgan fingerprint density at radius 2 is 1.69 bits per heavy atom. The van der Waals surface area contributed by atoms with Gasteiger partial charge in [0.25, 0.3) is 15.9 Å². The molecule has 0 aliphatic heterocycles. The second kappa shape index (κ2) is 7.77. The number of sulfonamides is 1. The van der Waals surface area contributed by atoms with E-state index in [-0.39, 0.29) is 16.4 Å². The highest BCUT2D eigenvalue weighted by atomic mass is 32.2. The largest absolute Gasteiger partial charge is 0.339 e. The lowest BCUT2D eigenvalue weighted by Crippen LogP contribution is -2.30. The second-order valence-corrected chi connectivity index (χ2v) is 7.02. The third-order valence-corrected chi connectivity index (χ3v) is 5.08. The first-order valence-electron chi connectivity index (χ1n) is 7.76. The van der Waals surface area contributed by atoms with Gasteiger partial charge in [0, 0.05) is 18.7 Å². The predicted molar refractivity (Wildman–Crippen MR) is 90.8 cm³/mol. The average molecular weight is 386 g/mol. The Morgan fingerprint density at radius 1 is 1.04 bits per heavy atom. The molecule has 2 aromatic rings. The zero-order chi connectivity index (χ0) is 19.5. The Bertz CT molecular complexity index is 929. The van der Waals surface area contributed by atoms with E-state index in [1.165, 1.54) is 23.1 Å². The van der Waals surface area contributed by atoms with E-state index in [1.54, 1.807) is 13.8 Å². The molecule has 26 heavy (non-hydrogen) atoms. The van der Waals surface area contributed by atoms with Crippen molar-refractivity contribution in [2.24, 2.45) is 0 Å². The van der Waals surface area contributed by atoms with E-state index in [1.807, 2.05) is 4.72 Å². The summed E-state index contributed by atoms with van der Waals surface area (Å²) in [5, 5.41) is 0. The molecule has 0 heterocycles. The van der Waals surface area contributed by atoms with Crippen molar-refractivity contribution in [2.75, 3.05) is 17.8 Å². The number of nitrogens with zero attached hydrogens (tertiary/aromatic N) is 1. The molecular weight excluding hydrogens is 369 g/mol. The van der Waals surface area contributed by atoms with E-state index >= 15 is 0 Å². The highest BCUT2D eigenvalue weighted by Gasteiger charge is 2.22. The Labute approximate surface area is 149 Å². The molecule has 0 aliphatic carbocycles. The number of hydrogen-bond donors (Lipinski definition) is 1. The minimum atomic E-state index is -4.31. The van der Waals surface area contributed by atoms with Gasteiger partial charge in [-0.05, 0) is 44.2 Å². The van der Waals surface area contributed by atoms with E-state index in [4.69, 9.17) is 0 Å². The average Bonchev–Trinajstić information content (AvgIpc) is 2.63. The normalized spacial score (nSPS) is 11.3. The van der Waals surface area contributed by atoms with Crippen molar-refractivity contribution in [1.82, 2.24) is 4.90 Å². The molecule has 5 nitrogen and oxygen atoms in total. The van der Waals surface area contributed by atoms with Gasteiger partial charge in [-0.25, -0.2) is 21.6 Å². The third-order valence-electron chi connectivity index (χ3n) is 3.72. The molecule has 0 saturated heterocycles. The molecule has 0 bridgehead atoms. The molecule has 0 saturated carbocycles. The van der Waals surface area contributed by atoms with E-state index < -0.39 is 33.2 Å². The van der Waals surface area contributed by atoms with Crippen LogP contribution in [0.15, 0.2) is 41.3 Å². The zero-order valence-corrected chi connectivity index (χ0v) is 14.9. The fourth-order valence-electron chi connectivity index (χ4n) is 2.30. The van der Waals surface area contributed by atoms with Gasteiger partial charge < -0.3 is 4.90 Å². The van der Waals surface area contributed by atoms with Gasteiger partial charge in [0.1, 0.15) is 0 Å². The first-order valence-corrected chi connectivity index (χ1v) is 9.25. The van der Waals surface area contributed by atoms with Crippen molar-refractivity contribution >= 4 is 21.6 Å². The number of carbonyl (C=O) groups excluding carboxylic acids is 1. The van der Waals surface area contributed by atoms with E-state index in [0.29, 0.717) is 19.2 Å². The van der Waals surface area contributed by atoms with Crippen LogP contribution in [0.25, 0.3) is 0 Å². The van der Waals surface area contributed by atoms with Gasteiger partial charge in [-0.1, -0.05) is 6.07 Å². The number of hydrogen-bond acceptors (Lipinski definition) is 3. The van der Waals surface area contributed by atoms with Gasteiger partial charge in [-0.3, -0.25) is 9.52 Å². The van der Waals surface area contributed by atoms with Crippen LogP contribution >= 0.6 is 0 Å². The Balaban J connectivity index is 2.37. The first kappa shape index (κ1) is 19.8. The molecule has 2 rings (SSSR count). The van der Waals surface area contributed by atoms with Crippen LogP contribution in [-0.2, 0) is 10.0 Å². The SMILES string of the molecule is CCN(CC)C(=O)c1cccc(S(=O)(=O)Nc2ccc(F)c(F)c2F)c1. The van der Waals surface area contributed by atoms with Gasteiger partial charge in [0.15, 0.2) is 17.5 Å². The lowest BCUT2D eigenvalue weighted by Gasteiger charge is -2.19. The maximum atomic E-state index is 13.7. The Kier molecular flexibility index (Phi) is 5.91. The minimum absolute atomic E-state index is 0.141. The van der Waals surface area contributed by atoms with Gasteiger partial charge in [0.05, 0.1) is 10.6 Å². The molecule has 9 heteroatoms. The molecule has 140 valence electrons. The van der Waals surface area contributed by atoms with Crippen molar-refractivity contribution in [3.05, 3.63) is 59.4 Å². The zero-order valence-electron chi connectivity index (χ0n) is 14.1. The van der Waals surface area contributed by atoms with Crippen LogP contribution in [0.1, 0.15) is 24.2 Å². The highest BCUT2D eigenvalue weighted by molar-refractivity contribution is 7.92. The van der Waals surface area contributed by atoms with Gasteiger partial charge in [-0.2, -0.15) is 0 Å². The molecule has 2 aromatic carbocycles. The summed E-state index contributed by atoms with van der Waals surface area (Å²) >= 11 is 0. The Hall–Kier alpha value is -2.55. The van der Waals surface area contributed by atoms with E-state index in [0.717, 1.165) is 12.1 Å². The van der Waals surface area contributed by atoms with Gasteiger partial charge in [0.2, 0.25) is 0 Å². The van der Waals surface area contributed by atoms with Crippen molar-refractivity contribution in [1.29, 1.82) is 0 Å². The maximum absolute atomic E-state index is 13.7. The third kappa shape index (κ3) is 3.98. The molecule has 0 atom stereocenters. The lowest BCUT2D eigenvalue weighted by molar-refractivity contribution is 0.0772. The topological polar surface area (TPSA) is 66.5 Å². The van der Waals surface area contributed by atoms with Crippen molar-refractivity contribution < 1.29 is 26.4 Å².